The van der Waals surface area contributed by atoms with Gasteiger partial charge in [0.2, 0.25) is 0 Å². The second kappa shape index (κ2) is 4.58. The fraction of sp³-hybridized carbons (Fsp3) is 0.222. The molecule has 1 atom stereocenters. The van der Waals surface area contributed by atoms with E-state index in [2.05, 4.69) is 0 Å². The summed E-state index contributed by atoms with van der Waals surface area (Å²) in [5.41, 5.74) is -0.265. The molecule has 0 bridgehead atoms. The fourth-order valence-corrected chi connectivity index (χ4v) is 1.16. The van der Waals surface area contributed by atoms with Crippen LogP contribution in [0.4, 0.5) is 5.69 Å². The molecule has 2 N–H and O–H groups in total. The molecule has 7 nitrogen and oxygen atoms in total. The largest absolute Gasteiger partial charge is 0.490 e. The number of aliphatic hydroxyl groups is 1. The van der Waals surface area contributed by atoms with Crippen molar-refractivity contribution >= 4 is 11.7 Å². The molecular weight excluding hydrogens is 218 g/mol. The van der Waals surface area contributed by atoms with Gasteiger partial charge in [-0.2, -0.15) is 0 Å². The normalized spacial score (nSPS) is 11.9. The summed E-state index contributed by atoms with van der Waals surface area (Å²) >= 11 is 0. The van der Waals surface area contributed by atoms with Gasteiger partial charge in [0, 0.05) is 6.07 Å². The van der Waals surface area contributed by atoms with Crippen molar-refractivity contribution in [2.24, 2.45) is 0 Å². The second-order valence-corrected chi connectivity index (χ2v) is 2.93. The third kappa shape index (κ3) is 2.26. The van der Waals surface area contributed by atoms with Crippen LogP contribution in [0, 0.1) is 10.1 Å². The molecule has 1 unspecified atom stereocenters. The molecule has 0 aliphatic rings. The summed E-state index contributed by atoms with van der Waals surface area (Å²) in [6.45, 7) is 0. The van der Waals surface area contributed by atoms with E-state index in [1.807, 2.05) is 0 Å². The van der Waals surface area contributed by atoms with Crippen LogP contribution < -0.4 is 4.74 Å². The lowest BCUT2D eigenvalue weighted by Gasteiger charge is -2.07. The van der Waals surface area contributed by atoms with Crippen LogP contribution in [-0.2, 0) is 4.79 Å². The Hall–Kier alpha value is -2.15. The molecule has 16 heavy (non-hydrogen) atoms. The molecule has 0 saturated heterocycles. The van der Waals surface area contributed by atoms with Gasteiger partial charge in [0.05, 0.1) is 12.0 Å². The number of aliphatic hydroxyl groups excluding tert-OH is 1. The molecule has 0 aliphatic heterocycles. The Kier molecular flexibility index (Phi) is 3.41. The Labute approximate surface area is 90.0 Å². The molecule has 1 aromatic carbocycles. The SMILES string of the molecule is COc1cc(C(O)C(=O)O)ccc1[N+](=O)[O-]. The number of ether oxygens (including phenoxy) is 1. The highest BCUT2D eigenvalue weighted by Gasteiger charge is 2.21. The zero-order valence-corrected chi connectivity index (χ0v) is 8.28. The second-order valence-electron chi connectivity index (χ2n) is 2.93. The molecular formula is C9H9NO6. The Morgan fingerprint density at radius 1 is 1.56 bits per heavy atom. The van der Waals surface area contributed by atoms with Crippen molar-refractivity contribution in [2.45, 2.75) is 6.10 Å². The van der Waals surface area contributed by atoms with E-state index in [-0.39, 0.29) is 17.0 Å². The summed E-state index contributed by atoms with van der Waals surface area (Å²) in [5, 5.41) is 28.3. The van der Waals surface area contributed by atoms with Crippen molar-refractivity contribution in [3.63, 3.8) is 0 Å². The van der Waals surface area contributed by atoms with Crippen LogP contribution in [0.2, 0.25) is 0 Å². The Bertz CT molecular complexity index is 430. The van der Waals surface area contributed by atoms with E-state index in [1.54, 1.807) is 0 Å². The first-order valence-corrected chi connectivity index (χ1v) is 4.20. The molecule has 0 fully saturated rings. The van der Waals surface area contributed by atoms with Crippen molar-refractivity contribution in [1.82, 2.24) is 0 Å². The van der Waals surface area contributed by atoms with Gasteiger partial charge in [-0.05, 0) is 17.7 Å². The van der Waals surface area contributed by atoms with Crippen molar-refractivity contribution < 1.29 is 24.7 Å². The minimum atomic E-state index is -1.73. The first kappa shape index (κ1) is 11.9. The third-order valence-corrected chi connectivity index (χ3v) is 1.95. The maximum atomic E-state index is 10.5. The van der Waals surface area contributed by atoms with Crippen LogP contribution in [0.3, 0.4) is 0 Å². The summed E-state index contributed by atoms with van der Waals surface area (Å²) in [6, 6.07) is 3.37. The van der Waals surface area contributed by atoms with Gasteiger partial charge in [0.1, 0.15) is 0 Å². The van der Waals surface area contributed by atoms with E-state index in [0.717, 1.165) is 12.1 Å². The van der Waals surface area contributed by atoms with Gasteiger partial charge in [-0.15, -0.1) is 0 Å². The van der Waals surface area contributed by atoms with E-state index in [1.165, 1.54) is 13.2 Å². The maximum absolute atomic E-state index is 10.5. The zero-order chi connectivity index (χ0) is 12.3. The van der Waals surface area contributed by atoms with Gasteiger partial charge in [0.15, 0.2) is 11.9 Å². The van der Waals surface area contributed by atoms with Gasteiger partial charge >= 0.3 is 11.7 Å². The summed E-state index contributed by atoms with van der Waals surface area (Å²) in [7, 11) is 1.22. The van der Waals surface area contributed by atoms with E-state index >= 15 is 0 Å². The smallest absolute Gasteiger partial charge is 0.337 e. The molecule has 0 aliphatic carbocycles. The van der Waals surface area contributed by atoms with Crippen molar-refractivity contribution in [1.29, 1.82) is 0 Å². The number of nitrogens with zero attached hydrogens (tertiary/aromatic N) is 1. The van der Waals surface area contributed by atoms with Crippen LogP contribution in [0.25, 0.3) is 0 Å². The fourth-order valence-electron chi connectivity index (χ4n) is 1.16. The average molecular weight is 227 g/mol. The number of hydrogen-bond donors (Lipinski definition) is 2. The first-order valence-electron chi connectivity index (χ1n) is 4.20. The van der Waals surface area contributed by atoms with Gasteiger partial charge in [-0.3, -0.25) is 10.1 Å². The number of hydrogen-bond acceptors (Lipinski definition) is 5. The van der Waals surface area contributed by atoms with Crippen molar-refractivity contribution in [3.05, 3.63) is 33.9 Å². The molecule has 0 amide bonds. The van der Waals surface area contributed by atoms with E-state index in [4.69, 9.17) is 9.84 Å². The van der Waals surface area contributed by atoms with E-state index < -0.39 is 17.0 Å². The maximum Gasteiger partial charge on any atom is 0.337 e. The summed E-state index contributed by atoms with van der Waals surface area (Å²) in [6.07, 6.45) is -1.73. The number of carbonyl (C=O) groups is 1. The molecule has 0 radical (unpaired) electrons. The van der Waals surface area contributed by atoms with Crippen molar-refractivity contribution in [2.75, 3.05) is 7.11 Å². The van der Waals surface area contributed by atoms with Gasteiger partial charge in [-0.1, -0.05) is 0 Å². The standard InChI is InChI=1S/C9H9NO6/c1-16-7-4-5(8(11)9(12)13)2-3-6(7)10(14)15/h2-4,8,11H,1H3,(H,12,13). The first-order chi connectivity index (χ1) is 7.47. The van der Waals surface area contributed by atoms with E-state index in [0.29, 0.717) is 0 Å². The molecule has 1 aromatic rings. The Morgan fingerprint density at radius 3 is 2.62 bits per heavy atom. The summed E-state index contributed by atoms with van der Waals surface area (Å²) in [4.78, 5) is 20.4. The minimum absolute atomic E-state index is 0.0231. The lowest BCUT2D eigenvalue weighted by molar-refractivity contribution is -0.385. The average Bonchev–Trinajstić information content (AvgIpc) is 2.26. The number of nitro groups is 1. The van der Waals surface area contributed by atoms with Gasteiger partial charge < -0.3 is 14.9 Å². The predicted octanol–water partition coefficient (Wildman–Crippen LogP) is 0.721. The number of carboxylic acids is 1. The lowest BCUT2D eigenvalue weighted by Crippen LogP contribution is -2.10. The van der Waals surface area contributed by atoms with Crippen LogP contribution in [0.1, 0.15) is 11.7 Å². The number of methoxy groups -OCH3 is 1. The molecule has 0 saturated carbocycles. The number of rotatable bonds is 4. The van der Waals surface area contributed by atoms with Crippen LogP contribution in [0.5, 0.6) is 5.75 Å². The van der Waals surface area contributed by atoms with Crippen LogP contribution >= 0.6 is 0 Å². The number of benzene rings is 1. The molecule has 86 valence electrons. The highest BCUT2D eigenvalue weighted by Crippen LogP contribution is 2.29. The van der Waals surface area contributed by atoms with Crippen LogP contribution in [0.15, 0.2) is 18.2 Å². The zero-order valence-electron chi connectivity index (χ0n) is 8.28. The van der Waals surface area contributed by atoms with E-state index in [9.17, 15) is 20.0 Å². The predicted molar refractivity (Wildman–Crippen MR) is 52.2 cm³/mol. The summed E-state index contributed by atoms with van der Waals surface area (Å²) < 4.78 is 4.73. The quantitative estimate of drug-likeness (QED) is 0.579. The molecule has 1 rings (SSSR count). The summed E-state index contributed by atoms with van der Waals surface area (Å²) in [5.74, 6) is -1.53. The topological polar surface area (TPSA) is 110 Å². The third-order valence-electron chi connectivity index (χ3n) is 1.95. The molecule has 0 spiro atoms. The lowest BCUT2D eigenvalue weighted by atomic mass is 10.1. The Balaban J connectivity index is 3.18. The van der Waals surface area contributed by atoms with Crippen LogP contribution in [-0.4, -0.2) is 28.2 Å². The molecule has 0 aromatic heterocycles. The monoisotopic (exact) mass is 227 g/mol. The number of nitro benzene ring substituents is 1. The highest BCUT2D eigenvalue weighted by molar-refractivity contribution is 5.74. The van der Waals surface area contributed by atoms with Gasteiger partial charge in [-0.25, -0.2) is 4.79 Å². The minimum Gasteiger partial charge on any atom is -0.490 e. The van der Waals surface area contributed by atoms with Gasteiger partial charge in [0.25, 0.3) is 0 Å². The molecule has 0 heterocycles. The van der Waals surface area contributed by atoms with Crippen molar-refractivity contribution in [3.8, 4) is 5.75 Å². The highest BCUT2D eigenvalue weighted by atomic mass is 16.6. The Morgan fingerprint density at radius 2 is 2.19 bits per heavy atom. The number of aliphatic carboxylic acids is 1. The molecule has 7 heteroatoms. The number of carboxylic acid groups (broad SMARTS) is 1.